The van der Waals surface area contributed by atoms with E-state index >= 15 is 0 Å². The number of halogens is 2. The Labute approximate surface area is 228 Å². The van der Waals surface area contributed by atoms with Gasteiger partial charge in [-0.2, -0.15) is 0 Å². The maximum absolute atomic E-state index is 13.1. The Hall–Kier alpha value is -3.46. The molecule has 0 fully saturated rings. The molecule has 7 nitrogen and oxygen atoms in total. The highest BCUT2D eigenvalue weighted by molar-refractivity contribution is 8.00. The highest BCUT2D eigenvalue weighted by atomic mass is 35.5. The predicted molar refractivity (Wildman–Crippen MR) is 151 cm³/mol. The summed E-state index contributed by atoms with van der Waals surface area (Å²) < 4.78 is 3.24. The van der Waals surface area contributed by atoms with Crippen LogP contribution in [-0.4, -0.2) is 26.4 Å². The number of hydrogen-bond donors (Lipinski definition) is 2. The first-order valence-corrected chi connectivity index (χ1v) is 13.0. The normalized spacial score (nSPS) is 11.7. The fraction of sp³-hybridized carbons (Fsp3) is 0.148. The van der Waals surface area contributed by atoms with Gasteiger partial charge in [0.1, 0.15) is 5.69 Å². The average Bonchev–Trinajstić information content (AvgIpc) is 3.08. The summed E-state index contributed by atoms with van der Waals surface area (Å²) in [6.45, 7) is 3.56. The molecular weight excluding hydrogens is 531 g/mol. The van der Waals surface area contributed by atoms with E-state index in [0.29, 0.717) is 27.7 Å². The van der Waals surface area contributed by atoms with E-state index < -0.39 is 5.25 Å². The first-order chi connectivity index (χ1) is 17.7. The first kappa shape index (κ1) is 26.6. The minimum atomic E-state index is -0.475. The highest BCUT2D eigenvalue weighted by Gasteiger charge is 2.21. The second-order valence-corrected chi connectivity index (χ2v) is 10.5. The van der Waals surface area contributed by atoms with Gasteiger partial charge in [0.2, 0.25) is 5.91 Å². The van der Waals surface area contributed by atoms with Gasteiger partial charge in [0.15, 0.2) is 0 Å². The molecule has 1 aromatic heterocycles. The second-order valence-electron chi connectivity index (χ2n) is 8.29. The minimum Gasteiger partial charge on any atom is -0.322 e. The third-order valence-corrected chi connectivity index (χ3v) is 7.43. The van der Waals surface area contributed by atoms with E-state index in [2.05, 4.69) is 10.6 Å². The zero-order chi connectivity index (χ0) is 26.7. The van der Waals surface area contributed by atoms with E-state index in [-0.39, 0.29) is 28.1 Å². The van der Waals surface area contributed by atoms with Gasteiger partial charge in [-0.1, -0.05) is 41.4 Å². The van der Waals surface area contributed by atoms with E-state index in [1.807, 2.05) is 42.5 Å². The number of thioether (sulfide) groups is 1. The standard InChI is InChI=1S/C27H24Cl2N4O3S/c1-16-24(27(36)33(32(16)3)20-7-5-4-6-8-20)31-25(34)17(2)37-21-12-10-19(11-13-21)30-26(35)22-14-9-18(28)15-23(22)29/h4-15,17H,1-3H3,(H,30,35)(H,31,34). The molecule has 10 heteroatoms. The monoisotopic (exact) mass is 554 g/mol. The second kappa shape index (κ2) is 11.3. The zero-order valence-electron chi connectivity index (χ0n) is 20.3. The van der Waals surface area contributed by atoms with Crippen molar-refractivity contribution in [2.45, 2.75) is 24.0 Å². The Bertz CT molecular complexity index is 1520. The van der Waals surface area contributed by atoms with Gasteiger partial charge in [0.05, 0.1) is 27.2 Å². The van der Waals surface area contributed by atoms with Crippen LogP contribution in [0.4, 0.5) is 11.4 Å². The van der Waals surface area contributed by atoms with Crippen molar-refractivity contribution < 1.29 is 9.59 Å². The number of carbonyl (C=O) groups is 2. The summed E-state index contributed by atoms with van der Waals surface area (Å²) >= 11 is 13.3. The topological polar surface area (TPSA) is 85.1 Å². The van der Waals surface area contributed by atoms with Crippen molar-refractivity contribution in [2.24, 2.45) is 7.05 Å². The SMILES string of the molecule is Cc1c(NC(=O)C(C)Sc2ccc(NC(=O)c3ccc(Cl)cc3Cl)cc2)c(=O)n(-c2ccccc2)n1C. The summed E-state index contributed by atoms with van der Waals surface area (Å²) in [6, 6.07) is 21.0. The Kier molecular flexibility index (Phi) is 8.12. The lowest BCUT2D eigenvalue weighted by Gasteiger charge is -2.12. The van der Waals surface area contributed by atoms with Crippen molar-refractivity contribution in [3.05, 3.63) is 104 Å². The van der Waals surface area contributed by atoms with Crippen molar-refractivity contribution >= 4 is 58.2 Å². The number of rotatable bonds is 7. The minimum absolute atomic E-state index is 0.253. The zero-order valence-corrected chi connectivity index (χ0v) is 22.6. The number of carbonyl (C=O) groups excluding carboxylic acids is 2. The molecule has 1 unspecified atom stereocenters. The smallest absolute Gasteiger partial charge is 0.295 e. The summed E-state index contributed by atoms with van der Waals surface area (Å²) in [5.41, 5.74) is 2.23. The third kappa shape index (κ3) is 5.93. The number of benzene rings is 3. The van der Waals surface area contributed by atoms with Crippen LogP contribution in [0.15, 0.2) is 82.5 Å². The summed E-state index contributed by atoms with van der Waals surface area (Å²) in [4.78, 5) is 39.3. The van der Waals surface area contributed by atoms with E-state index in [1.165, 1.54) is 22.5 Å². The van der Waals surface area contributed by atoms with Gasteiger partial charge < -0.3 is 10.6 Å². The van der Waals surface area contributed by atoms with Gasteiger partial charge in [-0.15, -0.1) is 11.8 Å². The number of amides is 2. The number of nitrogens with one attached hydrogen (secondary N) is 2. The summed E-state index contributed by atoms with van der Waals surface area (Å²) in [7, 11) is 1.78. The summed E-state index contributed by atoms with van der Waals surface area (Å²) in [5.74, 6) is -0.639. The summed E-state index contributed by atoms with van der Waals surface area (Å²) in [5, 5.41) is 5.84. The molecule has 1 atom stereocenters. The highest BCUT2D eigenvalue weighted by Crippen LogP contribution is 2.27. The van der Waals surface area contributed by atoms with Crippen LogP contribution in [0, 0.1) is 6.92 Å². The lowest BCUT2D eigenvalue weighted by molar-refractivity contribution is -0.115. The summed E-state index contributed by atoms with van der Waals surface area (Å²) in [6.07, 6.45) is 0. The van der Waals surface area contributed by atoms with Crippen molar-refractivity contribution in [3.8, 4) is 5.69 Å². The van der Waals surface area contributed by atoms with Crippen LogP contribution in [0.25, 0.3) is 5.69 Å². The maximum atomic E-state index is 13.1. The number of anilines is 2. The van der Waals surface area contributed by atoms with Crippen LogP contribution in [0.2, 0.25) is 10.0 Å². The van der Waals surface area contributed by atoms with Crippen molar-refractivity contribution in [2.75, 3.05) is 10.6 Å². The molecule has 190 valence electrons. The van der Waals surface area contributed by atoms with Crippen LogP contribution in [0.5, 0.6) is 0 Å². The lowest BCUT2D eigenvalue weighted by Crippen LogP contribution is -2.27. The molecular formula is C27H24Cl2N4O3S. The third-order valence-electron chi connectivity index (χ3n) is 5.77. The van der Waals surface area contributed by atoms with E-state index in [1.54, 1.807) is 49.8 Å². The van der Waals surface area contributed by atoms with Crippen LogP contribution < -0.4 is 16.2 Å². The molecule has 0 saturated heterocycles. The number of aromatic nitrogens is 2. The Balaban J connectivity index is 1.41. The maximum Gasteiger partial charge on any atom is 0.295 e. The molecule has 1 heterocycles. The first-order valence-electron chi connectivity index (χ1n) is 11.3. The Morgan fingerprint density at radius 1 is 0.946 bits per heavy atom. The number of nitrogens with zero attached hydrogens (tertiary/aromatic N) is 2. The molecule has 0 radical (unpaired) electrons. The Morgan fingerprint density at radius 2 is 1.62 bits per heavy atom. The number of para-hydroxylation sites is 1. The molecule has 0 aliphatic carbocycles. The Morgan fingerprint density at radius 3 is 2.27 bits per heavy atom. The van der Waals surface area contributed by atoms with Gasteiger partial charge in [-0.25, -0.2) is 4.68 Å². The molecule has 37 heavy (non-hydrogen) atoms. The van der Waals surface area contributed by atoms with E-state index in [4.69, 9.17) is 23.2 Å². The molecule has 2 N–H and O–H groups in total. The lowest BCUT2D eigenvalue weighted by atomic mass is 10.2. The van der Waals surface area contributed by atoms with E-state index in [0.717, 1.165) is 4.90 Å². The number of hydrogen-bond acceptors (Lipinski definition) is 4. The van der Waals surface area contributed by atoms with E-state index in [9.17, 15) is 14.4 Å². The fourth-order valence-electron chi connectivity index (χ4n) is 3.68. The largest absolute Gasteiger partial charge is 0.322 e. The molecule has 0 aliphatic heterocycles. The average molecular weight is 555 g/mol. The quantitative estimate of drug-likeness (QED) is 0.268. The molecule has 3 aromatic carbocycles. The van der Waals surface area contributed by atoms with Crippen molar-refractivity contribution in [1.82, 2.24) is 9.36 Å². The molecule has 4 rings (SSSR count). The molecule has 0 saturated carbocycles. The van der Waals surface area contributed by atoms with Crippen LogP contribution in [0.1, 0.15) is 23.0 Å². The fourth-order valence-corrected chi connectivity index (χ4v) is 5.05. The molecule has 0 aliphatic rings. The molecule has 4 aromatic rings. The van der Waals surface area contributed by atoms with Gasteiger partial charge >= 0.3 is 0 Å². The molecule has 2 amide bonds. The predicted octanol–water partition coefficient (Wildman–Crippen LogP) is 6.16. The van der Waals surface area contributed by atoms with Crippen LogP contribution in [-0.2, 0) is 11.8 Å². The van der Waals surface area contributed by atoms with Gasteiger partial charge in [0, 0.05) is 22.7 Å². The van der Waals surface area contributed by atoms with Gasteiger partial charge in [-0.05, 0) is 68.4 Å². The van der Waals surface area contributed by atoms with Gasteiger partial charge in [0.25, 0.3) is 11.5 Å². The molecule has 0 spiro atoms. The van der Waals surface area contributed by atoms with Crippen LogP contribution in [0.3, 0.4) is 0 Å². The van der Waals surface area contributed by atoms with Crippen molar-refractivity contribution in [3.63, 3.8) is 0 Å². The van der Waals surface area contributed by atoms with Crippen molar-refractivity contribution in [1.29, 1.82) is 0 Å². The molecule has 0 bridgehead atoms. The van der Waals surface area contributed by atoms with Gasteiger partial charge in [-0.3, -0.25) is 19.1 Å². The van der Waals surface area contributed by atoms with Crippen LogP contribution >= 0.6 is 35.0 Å².